The lowest BCUT2D eigenvalue weighted by Gasteiger charge is -2.16. The number of carbonyl (C=O) groups is 1. The van der Waals surface area contributed by atoms with Crippen molar-refractivity contribution in [3.8, 4) is 0 Å². The van der Waals surface area contributed by atoms with Gasteiger partial charge in [-0.2, -0.15) is 0 Å². The Morgan fingerprint density at radius 2 is 1.83 bits per heavy atom. The number of ether oxygens (including phenoxy) is 1. The molecule has 1 N–H and O–H groups in total. The number of amides is 1. The van der Waals surface area contributed by atoms with Crippen molar-refractivity contribution < 1.29 is 9.53 Å². The Morgan fingerprint density at radius 1 is 1.09 bits per heavy atom. The fourth-order valence-corrected chi connectivity index (χ4v) is 2.25. The van der Waals surface area contributed by atoms with Crippen LogP contribution in [0.25, 0.3) is 10.9 Å². The van der Waals surface area contributed by atoms with Crippen LogP contribution < -0.4 is 10.2 Å². The van der Waals surface area contributed by atoms with Crippen LogP contribution in [-0.2, 0) is 4.74 Å². The van der Waals surface area contributed by atoms with Crippen LogP contribution in [0.15, 0.2) is 54.9 Å². The summed E-state index contributed by atoms with van der Waals surface area (Å²) < 4.78 is 4.69. The normalized spacial score (nSPS) is 10.3. The van der Waals surface area contributed by atoms with Crippen LogP contribution in [-0.4, -0.2) is 30.2 Å². The number of hydrogen-bond donors (Lipinski definition) is 1. The Hall–Kier alpha value is -3.15. The minimum Gasteiger partial charge on any atom is -0.452 e. The van der Waals surface area contributed by atoms with E-state index in [1.165, 1.54) is 18.3 Å². The third-order valence-corrected chi connectivity index (χ3v) is 3.51. The Labute approximate surface area is 133 Å². The average Bonchev–Trinajstić information content (AvgIpc) is 2.61. The van der Waals surface area contributed by atoms with Crippen molar-refractivity contribution in [3.05, 3.63) is 54.9 Å². The topological polar surface area (TPSA) is 67.3 Å². The Balaban J connectivity index is 1.84. The van der Waals surface area contributed by atoms with Crippen molar-refractivity contribution in [2.24, 2.45) is 0 Å². The van der Waals surface area contributed by atoms with Crippen LogP contribution in [0.1, 0.15) is 0 Å². The first-order chi connectivity index (χ1) is 11.2. The molecular weight excluding hydrogens is 292 g/mol. The molecule has 3 aromatic rings. The highest BCUT2D eigenvalue weighted by Crippen LogP contribution is 2.24. The fourth-order valence-electron chi connectivity index (χ4n) is 2.25. The SMILES string of the molecule is COC(=O)N(C)c1ccc(Nc2ncnc3ccccc23)cc1. The summed E-state index contributed by atoms with van der Waals surface area (Å²) in [4.78, 5) is 21.5. The van der Waals surface area contributed by atoms with Gasteiger partial charge < -0.3 is 10.1 Å². The molecule has 0 saturated carbocycles. The van der Waals surface area contributed by atoms with E-state index in [0.29, 0.717) is 0 Å². The monoisotopic (exact) mass is 308 g/mol. The molecule has 0 fully saturated rings. The van der Waals surface area contributed by atoms with Crippen molar-refractivity contribution in [2.45, 2.75) is 0 Å². The van der Waals surface area contributed by atoms with Gasteiger partial charge in [0.1, 0.15) is 12.1 Å². The molecule has 1 aromatic heterocycles. The molecule has 1 amide bonds. The summed E-state index contributed by atoms with van der Waals surface area (Å²) in [6.45, 7) is 0. The van der Waals surface area contributed by atoms with Gasteiger partial charge in [0.05, 0.1) is 12.6 Å². The second-order valence-electron chi connectivity index (χ2n) is 4.94. The van der Waals surface area contributed by atoms with Crippen LogP contribution >= 0.6 is 0 Å². The largest absolute Gasteiger partial charge is 0.452 e. The molecule has 0 saturated heterocycles. The maximum Gasteiger partial charge on any atom is 0.413 e. The van der Waals surface area contributed by atoms with Gasteiger partial charge in [0.15, 0.2) is 0 Å². The predicted molar refractivity (Wildman–Crippen MR) is 90.1 cm³/mol. The number of anilines is 3. The summed E-state index contributed by atoms with van der Waals surface area (Å²) >= 11 is 0. The number of benzene rings is 2. The van der Waals surface area contributed by atoms with E-state index in [9.17, 15) is 4.79 Å². The quantitative estimate of drug-likeness (QED) is 0.801. The first-order valence-corrected chi connectivity index (χ1v) is 7.07. The van der Waals surface area contributed by atoms with Gasteiger partial charge in [0.25, 0.3) is 0 Å². The number of methoxy groups -OCH3 is 1. The second-order valence-corrected chi connectivity index (χ2v) is 4.94. The van der Waals surface area contributed by atoms with Crippen LogP contribution in [0.3, 0.4) is 0 Å². The third-order valence-electron chi connectivity index (χ3n) is 3.51. The number of nitrogens with one attached hydrogen (secondary N) is 1. The van der Waals surface area contributed by atoms with E-state index in [1.54, 1.807) is 7.05 Å². The molecule has 0 bridgehead atoms. The molecule has 0 aliphatic heterocycles. The highest BCUT2D eigenvalue weighted by molar-refractivity contribution is 5.91. The number of carbonyl (C=O) groups excluding carboxylic acids is 1. The maximum atomic E-state index is 11.5. The molecule has 0 aliphatic rings. The predicted octanol–water partition coefficient (Wildman–Crippen LogP) is 3.58. The zero-order chi connectivity index (χ0) is 16.2. The molecule has 116 valence electrons. The van der Waals surface area contributed by atoms with E-state index in [0.717, 1.165) is 28.1 Å². The number of para-hydroxylation sites is 1. The van der Waals surface area contributed by atoms with Gasteiger partial charge in [-0.15, -0.1) is 0 Å². The molecule has 0 radical (unpaired) electrons. The minimum absolute atomic E-state index is 0.410. The van der Waals surface area contributed by atoms with Crippen LogP contribution in [0, 0.1) is 0 Å². The average molecular weight is 308 g/mol. The van der Waals surface area contributed by atoms with Crippen molar-refractivity contribution >= 4 is 34.2 Å². The van der Waals surface area contributed by atoms with Gasteiger partial charge in [0.2, 0.25) is 0 Å². The van der Waals surface area contributed by atoms with Crippen LogP contribution in [0.2, 0.25) is 0 Å². The maximum absolute atomic E-state index is 11.5. The molecular formula is C17H16N4O2. The standard InChI is InChI=1S/C17H16N4O2/c1-21(17(22)23-2)13-9-7-12(8-10-13)20-16-14-5-3-4-6-15(14)18-11-19-16/h3-11H,1-2H3,(H,18,19,20). The van der Waals surface area contributed by atoms with Gasteiger partial charge in [-0.1, -0.05) is 12.1 Å². The van der Waals surface area contributed by atoms with Gasteiger partial charge in [-0.05, 0) is 36.4 Å². The third kappa shape index (κ3) is 3.06. The Bertz CT molecular complexity index is 828. The van der Waals surface area contributed by atoms with E-state index < -0.39 is 6.09 Å². The first kappa shape index (κ1) is 14.8. The lowest BCUT2D eigenvalue weighted by molar-refractivity contribution is 0.180. The molecule has 0 spiro atoms. The summed E-state index contributed by atoms with van der Waals surface area (Å²) in [5, 5.41) is 4.22. The number of nitrogens with zero attached hydrogens (tertiary/aromatic N) is 3. The van der Waals surface area contributed by atoms with Gasteiger partial charge >= 0.3 is 6.09 Å². The molecule has 0 atom stereocenters. The van der Waals surface area contributed by atoms with Gasteiger partial charge in [-0.3, -0.25) is 4.90 Å². The highest BCUT2D eigenvalue weighted by atomic mass is 16.5. The number of hydrogen-bond acceptors (Lipinski definition) is 5. The lowest BCUT2D eigenvalue weighted by Crippen LogP contribution is -2.25. The van der Waals surface area contributed by atoms with Gasteiger partial charge in [-0.25, -0.2) is 14.8 Å². The lowest BCUT2D eigenvalue weighted by atomic mass is 10.2. The van der Waals surface area contributed by atoms with Crippen molar-refractivity contribution in [1.82, 2.24) is 9.97 Å². The van der Waals surface area contributed by atoms with E-state index in [2.05, 4.69) is 15.3 Å². The van der Waals surface area contributed by atoms with Crippen LogP contribution in [0.4, 0.5) is 22.0 Å². The van der Waals surface area contributed by atoms with Crippen molar-refractivity contribution in [3.63, 3.8) is 0 Å². The zero-order valence-corrected chi connectivity index (χ0v) is 12.9. The summed E-state index contributed by atoms with van der Waals surface area (Å²) in [5.74, 6) is 0.740. The van der Waals surface area contributed by atoms with Crippen molar-refractivity contribution in [1.29, 1.82) is 0 Å². The molecule has 1 heterocycles. The number of aromatic nitrogens is 2. The summed E-state index contributed by atoms with van der Waals surface area (Å²) in [6, 6.07) is 15.2. The first-order valence-electron chi connectivity index (χ1n) is 7.07. The molecule has 0 unspecified atom stereocenters. The molecule has 2 aromatic carbocycles. The Kier molecular flexibility index (Phi) is 4.05. The second kappa shape index (κ2) is 6.31. The molecule has 3 rings (SSSR count). The molecule has 23 heavy (non-hydrogen) atoms. The van der Waals surface area contributed by atoms with E-state index >= 15 is 0 Å². The van der Waals surface area contributed by atoms with Crippen molar-refractivity contribution in [2.75, 3.05) is 24.4 Å². The minimum atomic E-state index is -0.410. The molecule has 0 aliphatic carbocycles. The molecule has 6 nitrogen and oxygen atoms in total. The smallest absolute Gasteiger partial charge is 0.413 e. The summed E-state index contributed by atoms with van der Waals surface area (Å²) in [5.41, 5.74) is 2.50. The number of rotatable bonds is 3. The Morgan fingerprint density at radius 3 is 2.57 bits per heavy atom. The summed E-state index contributed by atoms with van der Waals surface area (Å²) in [6.07, 6.45) is 1.12. The van der Waals surface area contributed by atoms with E-state index in [-0.39, 0.29) is 0 Å². The highest BCUT2D eigenvalue weighted by Gasteiger charge is 2.10. The van der Waals surface area contributed by atoms with Crippen LogP contribution in [0.5, 0.6) is 0 Å². The van der Waals surface area contributed by atoms with Gasteiger partial charge in [0, 0.05) is 23.8 Å². The molecule has 6 heteroatoms. The number of fused-ring (bicyclic) bond motifs is 1. The van der Waals surface area contributed by atoms with E-state index in [1.807, 2.05) is 48.5 Å². The summed E-state index contributed by atoms with van der Waals surface area (Å²) in [7, 11) is 3.02. The zero-order valence-electron chi connectivity index (χ0n) is 12.9. The fraction of sp³-hybridized carbons (Fsp3) is 0.118. The van der Waals surface area contributed by atoms with E-state index in [4.69, 9.17) is 4.74 Å².